The van der Waals surface area contributed by atoms with Crippen LogP contribution in [-0.4, -0.2) is 37.3 Å². The number of hydrogen-bond donors (Lipinski definition) is 2. The van der Waals surface area contributed by atoms with Gasteiger partial charge in [-0.3, -0.25) is 30.4 Å². The normalized spacial score (nSPS) is 34.0. The molecule has 1 aromatic rings. The second-order valence-electron chi connectivity index (χ2n) is 7.59. The van der Waals surface area contributed by atoms with Crippen LogP contribution in [0.3, 0.4) is 0 Å². The lowest BCUT2D eigenvalue weighted by atomic mass is 9.63. The fourth-order valence-corrected chi connectivity index (χ4v) is 5.82. The molecule has 27 heavy (non-hydrogen) atoms. The molecule has 4 N–H and O–H groups in total. The second kappa shape index (κ2) is 8.60. The third kappa shape index (κ3) is 3.71. The van der Waals surface area contributed by atoms with Gasteiger partial charge in [-0.2, -0.15) is 0 Å². The summed E-state index contributed by atoms with van der Waals surface area (Å²) < 4.78 is 23.5. The lowest BCUT2D eigenvalue weighted by Crippen LogP contribution is -2.51. The second-order valence-corrected chi connectivity index (χ2v) is 8.66. The lowest BCUT2D eigenvalue weighted by Gasteiger charge is -2.49. The average molecular weight is 395 g/mol. The number of amides is 2. The number of nitrogens with zero attached hydrogens (tertiary/aromatic N) is 1. The molecule has 1 aliphatic carbocycles. The molecule has 3 rings (SSSR count). The van der Waals surface area contributed by atoms with Crippen molar-refractivity contribution in [1.82, 2.24) is 4.90 Å². The SMILES string of the molecule is CC1C(C)C(CN2C(=O)c3ccccc3C2=O)C(C)C(S(=O)[O-])C1C.NN. The zero-order chi connectivity index (χ0) is 20.5. The Morgan fingerprint density at radius 3 is 1.85 bits per heavy atom. The number of fused-ring (bicyclic) bond motifs is 1. The van der Waals surface area contributed by atoms with E-state index in [1.807, 2.05) is 13.8 Å². The summed E-state index contributed by atoms with van der Waals surface area (Å²) in [6.45, 7) is 8.36. The predicted molar refractivity (Wildman–Crippen MR) is 103 cm³/mol. The Morgan fingerprint density at radius 1 is 0.926 bits per heavy atom. The van der Waals surface area contributed by atoms with Crippen molar-refractivity contribution in [1.29, 1.82) is 0 Å². The van der Waals surface area contributed by atoms with Gasteiger partial charge in [-0.25, -0.2) is 0 Å². The van der Waals surface area contributed by atoms with Crippen LogP contribution in [-0.2, 0) is 11.1 Å². The van der Waals surface area contributed by atoms with Gasteiger partial charge in [0.05, 0.1) is 11.1 Å². The van der Waals surface area contributed by atoms with Crippen LogP contribution in [0.1, 0.15) is 48.4 Å². The van der Waals surface area contributed by atoms with Gasteiger partial charge in [-0.15, -0.1) is 0 Å². The fourth-order valence-electron chi connectivity index (χ4n) is 4.67. The molecule has 150 valence electrons. The first-order chi connectivity index (χ1) is 12.8. The Morgan fingerprint density at radius 2 is 1.41 bits per heavy atom. The largest absolute Gasteiger partial charge is 0.772 e. The molecular formula is C19H28N3O4S-. The topological polar surface area (TPSA) is 130 Å². The minimum atomic E-state index is -2.17. The van der Waals surface area contributed by atoms with Gasteiger partial charge in [0.2, 0.25) is 0 Å². The maximum Gasteiger partial charge on any atom is 0.261 e. The number of benzene rings is 1. The van der Waals surface area contributed by atoms with Gasteiger partial charge in [-0.1, -0.05) is 50.9 Å². The molecule has 0 saturated heterocycles. The van der Waals surface area contributed by atoms with Gasteiger partial charge in [0.15, 0.2) is 0 Å². The van der Waals surface area contributed by atoms with E-state index in [9.17, 15) is 18.4 Å². The summed E-state index contributed by atoms with van der Waals surface area (Å²) in [5.41, 5.74) is 0.878. The smallest absolute Gasteiger partial charge is 0.261 e. The minimum absolute atomic E-state index is 0.0312. The highest BCUT2D eigenvalue weighted by molar-refractivity contribution is 7.79. The summed E-state index contributed by atoms with van der Waals surface area (Å²) in [6.07, 6.45) is 0. The first-order valence-corrected chi connectivity index (χ1v) is 10.3. The predicted octanol–water partition coefficient (Wildman–Crippen LogP) is 1.52. The van der Waals surface area contributed by atoms with Crippen molar-refractivity contribution >= 4 is 22.9 Å². The molecule has 1 aliphatic heterocycles. The summed E-state index contributed by atoms with van der Waals surface area (Å²) in [6, 6.07) is 6.84. The van der Waals surface area contributed by atoms with E-state index in [1.165, 1.54) is 4.90 Å². The first kappa shape index (κ1) is 21.7. The molecule has 7 atom stereocenters. The number of rotatable bonds is 3. The number of nitrogens with two attached hydrogens (primary N) is 2. The quantitative estimate of drug-likeness (QED) is 0.346. The monoisotopic (exact) mass is 394 g/mol. The summed E-state index contributed by atoms with van der Waals surface area (Å²) in [5, 5.41) is -0.452. The van der Waals surface area contributed by atoms with Crippen molar-refractivity contribution in [3.05, 3.63) is 35.4 Å². The third-order valence-corrected chi connectivity index (χ3v) is 7.84. The van der Waals surface area contributed by atoms with Gasteiger partial charge in [0.25, 0.3) is 11.8 Å². The van der Waals surface area contributed by atoms with Crippen LogP contribution in [0.5, 0.6) is 0 Å². The van der Waals surface area contributed by atoms with Crippen molar-refractivity contribution in [2.24, 2.45) is 41.3 Å². The zero-order valence-electron chi connectivity index (χ0n) is 16.1. The van der Waals surface area contributed by atoms with Crippen LogP contribution in [0.2, 0.25) is 0 Å². The van der Waals surface area contributed by atoms with Crippen LogP contribution in [0.4, 0.5) is 0 Å². The third-order valence-electron chi connectivity index (χ3n) is 6.54. The minimum Gasteiger partial charge on any atom is -0.772 e. The Balaban J connectivity index is 0.00000126. The summed E-state index contributed by atoms with van der Waals surface area (Å²) >= 11 is -2.17. The molecule has 7 nitrogen and oxygen atoms in total. The number of carbonyl (C=O) groups is 2. The lowest BCUT2D eigenvalue weighted by molar-refractivity contribution is 0.0384. The number of hydrazine groups is 1. The Labute approximate surface area is 162 Å². The molecule has 1 heterocycles. The van der Waals surface area contributed by atoms with Gasteiger partial charge >= 0.3 is 0 Å². The molecule has 0 radical (unpaired) electrons. The number of hydrogen-bond acceptors (Lipinski definition) is 6. The van der Waals surface area contributed by atoms with E-state index in [0.29, 0.717) is 11.1 Å². The van der Waals surface area contributed by atoms with Gasteiger partial charge in [-0.05, 0) is 41.7 Å². The van der Waals surface area contributed by atoms with Crippen LogP contribution in [0.25, 0.3) is 0 Å². The summed E-state index contributed by atoms with van der Waals surface area (Å²) in [4.78, 5) is 26.6. The van der Waals surface area contributed by atoms with Crippen molar-refractivity contribution in [2.75, 3.05) is 6.54 Å². The molecule has 0 spiro atoms. The Kier molecular flexibility index (Phi) is 6.91. The number of carbonyl (C=O) groups excluding carboxylic acids is 2. The first-order valence-electron chi connectivity index (χ1n) is 9.12. The Bertz CT molecular complexity index is 706. The van der Waals surface area contributed by atoms with Crippen LogP contribution >= 0.6 is 0 Å². The number of imide groups is 1. The zero-order valence-corrected chi connectivity index (χ0v) is 16.9. The molecular weight excluding hydrogens is 366 g/mol. The van der Waals surface area contributed by atoms with Gasteiger partial charge in [0, 0.05) is 11.8 Å². The van der Waals surface area contributed by atoms with Crippen molar-refractivity contribution < 1.29 is 18.4 Å². The molecule has 7 unspecified atom stereocenters. The fraction of sp³-hybridized carbons (Fsp3) is 0.579. The molecule has 8 heteroatoms. The van der Waals surface area contributed by atoms with Gasteiger partial charge in [0.1, 0.15) is 0 Å². The van der Waals surface area contributed by atoms with E-state index in [-0.39, 0.29) is 47.9 Å². The molecule has 0 bridgehead atoms. The van der Waals surface area contributed by atoms with E-state index in [4.69, 9.17) is 0 Å². The summed E-state index contributed by atoms with van der Waals surface area (Å²) in [5.74, 6) is 7.81. The maximum atomic E-state index is 12.6. The standard InChI is InChI=1S/C19H25NO4S.H4N2/c1-10-11(2)16(13(4)17(12(10)3)25(23)24)9-20-18(21)14-7-5-6-8-15(14)19(20)22;1-2/h5-8,10-13,16-17H,9H2,1-4H3,(H,23,24);1-2H2/p-1. The van der Waals surface area contributed by atoms with E-state index >= 15 is 0 Å². The average Bonchev–Trinajstić information content (AvgIpc) is 2.90. The van der Waals surface area contributed by atoms with Crippen molar-refractivity contribution in [3.63, 3.8) is 0 Å². The highest BCUT2D eigenvalue weighted by Crippen LogP contribution is 2.44. The van der Waals surface area contributed by atoms with E-state index < -0.39 is 16.3 Å². The molecule has 1 saturated carbocycles. The van der Waals surface area contributed by atoms with Crippen LogP contribution in [0.15, 0.2) is 24.3 Å². The van der Waals surface area contributed by atoms with Gasteiger partial charge < -0.3 is 4.55 Å². The van der Waals surface area contributed by atoms with E-state index in [0.717, 1.165) is 0 Å². The van der Waals surface area contributed by atoms with Crippen molar-refractivity contribution in [3.8, 4) is 0 Å². The highest BCUT2D eigenvalue weighted by atomic mass is 32.2. The van der Waals surface area contributed by atoms with Crippen LogP contribution in [0, 0.1) is 29.6 Å². The molecule has 2 aliphatic rings. The highest BCUT2D eigenvalue weighted by Gasteiger charge is 2.46. The van der Waals surface area contributed by atoms with Crippen LogP contribution < -0.4 is 11.7 Å². The van der Waals surface area contributed by atoms with E-state index in [1.54, 1.807) is 24.3 Å². The van der Waals surface area contributed by atoms with E-state index in [2.05, 4.69) is 25.5 Å². The molecule has 0 aromatic heterocycles. The van der Waals surface area contributed by atoms with Crippen molar-refractivity contribution in [2.45, 2.75) is 32.9 Å². The Hall–Kier alpha value is -1.61. The molecule has 1 aromatic carbocycles. The maximum absolute atomic E-state index is 12.6. The molecule has 1 fully saturated rings. The molecule has 2 amide bonds. The summed E-state index contributed by atoms with van der Waals surface area (Å²) in [7, 11) is 0.